The second-order valence-electron chi connectivity index (χ2n) is 3.46. The summed E-state index contributed by atoms with van der Waals surface area (Å²) in [4.78, 5) is 0. The summed E-state index contributed by atoms with van der Waals surface area (Å²) in [6.45, 7) is 9.00. The largest absolute Gasteiger partial charge is 0.326 e. The van der Waals surface area contributed by atoms with Crippen LogP contribution in [0, 0.1) is 20.8 Å². The maximum Gasteiger partial charge on any atom is 0.0625 e. The minimum atomic E-state index is 0.169. The predicted octanol–water partition coefficient (Wildman–Crippen LogP) is 1.16. The van der Waals surface area contributed by atoms with Gasteiger partial charge in [0.2, 0.25) is 0 Å². The van der Waals surface area contributed by atoms with Crippen molar-refractivity contribution in [1.82, 2.24) is 9.78 Å². The highest BCUT2D eigenvalue weighted by molar-refractivity contribution is 5.22. The van der Waals surface area contributed by atoms with E-state index in [1.807, 2.05) is 18.5 Å². The third-order valence-electron chi connectivity index (χ3n) is 2.20. The summed E-state index contributed by atoms with van der Waals surface area (Å²) >= 11 is 0. The highest BCUT2D eigenvalue weighted by Gasteiger charge is 2.07. The fraction of sp³-hybridized carbons (Fsp3) is 0.667. The van der Waals surface area contributed by atoms with Crippen molar-refractivity contribution in [3.05, 3.63) is 17.0 Å². The van der Waals surface area contributed by atoms with Gasteiger partial charge in [-0.1, -0.05) is 0 Å². The van der Waals surface area contributed by atoms with Crippen LogP contribution >= 0.6 is 0 Å². The van der Waals surface area contributed by atoms with Gasteiger partial charge in [-0.25, -0.2) is 0 Å². The van der Waals surface area contributed by atoms with Crippen LogP contribution in [0.5, 0.6) is 0 Å². The van der Waals surface area contributed by atoms with Crippen molar-refractivity contribution in [1.29, 1.82) is 0 Å². The molecule has 0 aliphatic heterocycles. The van der Waals surface area contributed by atoms with Crippen molar-refractivity contribution in [3.8, 4) is 0 Å². The topological polar surface area (TPSA) is 43.8 Å². The highest BCUT2D eigenvalue weighted by atomic mass is 15.3. The molecule has 1 aromatic rings. The lowest BCUT2D eigenvalue weighted by molar-refractivity contribution is 0.525. The zero-order valence-electron chi connectivity index (χ0n) is 8.26. The van der Waals surface area contributed by atoms with Gasteiger partial charge in [-0.05, 0) is 33.3 Å². The van der Waals surface area contributed by atoms with E-state index >= 15 is 0 Å². The molecular weight excluding hydrogens is 150 g/mol. The number of aryl methyl sites for hydroxylation is 1. The number of hydrogen-bond acceptors (Lipinski definition) is 2. The van der Waals surface area contributed by atoms with Crippen molar-refractivity contribution >= 4 is 0 Å². The quantitative estimate of drug-likeness (QED) is 0.718. The lowest BCUT2D eigenvalue weighted by Gasteiger charge is -2.06. The van der Waals surface area contributed by atoms with E-state index in [4.69, 9.17) is 5.73 Å². The van der Waals surface area contributed by atoms with Crippen molar-refractivity contribution in [3.63, 3.8) is 0 Å². The molecule has 1 unspecified atom stereocenters. The van der Waals surface area contributed by atoms with Crippen LogP contribution in [0.4, 0.5) is 0 Å². The molecule has 68 valence electrons. The molecule has 0 spiro atoms. The standard InChI is InChI=1S/C9H17N3/c1-6(10)5-12-9(4)7(2)8(3)11-12/h6H,5,10H2,1-4H3. The van der Waals surface area contributed by atoms with E-state index in [1.165, 1.54) is 11.3 Å². The van der Waals surface area contributed by atoms with E-state index in [-0.39, 0.29) is 6.04 Å². The first-order valence-electron chi connectivity index (χ1n) is 4.28. The van der Waals surface area contributed by atoms with Crippen LogP contribution in [0.15, 0.2) is 0 Å². The molecular formula is C9H17N3. The molecule has 12 heavy (non-hydrogen) atoms. The summed E-state index contributed by atoms with van der Waals surface area (Å²) in [5.41, 5.74) is 9.30. The highest BCUT2D eigenvalue weighted by Crippen LogP contribution is 2.10. The van der Waals surface area contributed by atoms with E-state index in [0.29, 0.717) is 0 Å². The number of nitrogens with zero attached hydrogens (tertiary/aromatic N) is 2. The Labute approximate surface area is 73.6 Å². The Kier molecular flexibility index (Phi) is 2.52. The summed E-state index contributed by atoms with van der Waals surface area (Å²) in [5, 5.41) is 4.39. The second kappa shape index (κ2) is 3.27. The van der Waals surface area contributed by atoms with E-state index in [1.54, 1.807) is 0 Å². The molecule has 1 atom stereocenters. The molecule has 3 nitrogen and oxygen atoms in total. The van der Waals surface area contributed by atoms with Crippen LogP contribution in [0.1, 0.15) is 23.9 Å². The molecule has 1 heterocycles. The number of rotatable bonds is 2. The molecule has 0 saturated heterocycles. The van der Waals surface area contributed by atoms with Crippen LogP contribution in [-0.2, 0) is 6.54 Å². The zero-order chi connectivity index (χ0) is 9.30. The number of nitrogens with two attached hydrogens (primary N) is 1. The third-order valence-corrected chi connectivity index (χ3v) is 2.20. The Morgan fingerprint density at radius 1 is 1.42 bits per heavy atom. The minimum absolute atomic E-state index is 0.169. The average Bonchev–Trinajstić information content (AvgIpc) is 2.17. The van der Waals surface area contributed by atoms with Gasteiger partial charge in [0.05, 0.1) is 12.2 Å². The van der Waals surface area contributed by atoms with Gasteiger partial charge in [-0.15, -0.1) is 0 Å². The first-order valence-corrected chi connectivity index (χ1v) is 4.28. The molecule has 0 aliphatic carbocycles. The molecule has 1 rings (SSSR count). The minimum Gasteiger partial charge on any atom is -0.326 e. The summed E-state index contributed by atoms with van der Waals surface area (Å²) in [6.07, 6.45) is 0. The third kappa shape index (κ3) is 1.67. The Hall–Kier alpha value is -0.830. The fourth-order valence-corrected chi connectivity index (χ4v) is 1.24. The van der Waals surface area contributed by atoms with Gasteiger partial charge >= 0.3 is 0 Å². The molecule has 3 heteroatoms. The Morgan fingerprint density at radius 3 is 2.33 bits per heavy atom. The van der Waals surface area contributed by atoms with Crippen LogP contribution in [0.3, 0.4) is 0 Å². The van der Waals surface area contributed by atoms with Gasteiger partial charge in [0.1, 0.15) is 0 Å². The van der Waals surface area contributed by atoms with Gasteiger partial charge in [-0.2, -0.15) is 5.10 Å². The van der Waals surface area contributed by atoms with Gasteiger partial charge < -0.3 is 5.73 Å². The molecule has 0 aliphatic rings. The van der Waals surface area contributed by atoms with Crippen LogP contribution < -0.4 is 5.73 Å². The smallest absolute Gasteiger partial charge is 0.0625 e. The van der Waals surface area contributed by atoms with Gasteiger partial charge in [0.25, 0.3) is 0 Å². The summed E-state index contributed by atoms with van der Waals surface area (Å²) in [6, 6.07) is 0.169. The maximum absolute atomic E-state index is 5.69. The number of hydrogen-bond donors (Lipinski definition) is 1. The van der Waals surface area contributed by atoms with E-state index < -0.39 is 0 Å². The average molecular weight is 167 g/mol. The molecule has 0 amide bonds. The van der Waals surface area contributed by atoms with Crippen molar-refractivity contribution in [2.24, 2.45) is 5.73 Å². The second-order valence-corrected chi connectivity index (χ2v) is 3.46. The predicted molar refractivity (Wildman–Crippen MR) is 50.1 cm³/mol. The molecule has 1 aromatic heterocycles. The van der Waals surface area contributed by atoms with Gasteiger partial charge in [-0.3, -0.25) is 4.68 Å². The Bertz CT molecular complexity index is 274. The van der Waals surface area contributed by atoms with E-state index in [2.05, 4.69) is 18.9 Å². The summed E-state index contributed by atoms with van der Waals surface area (Å²) < 4.78 is 1.98. The van der Waals surface area contributed by atoms with E-state index in [0.717, 1.165) is 12.2 Å². The van der Waals surface area contributed by atoms with Gasteiger partial charge in [0, 0.05) is 11.7 Å². The van der Waals surface area contributed by atoms with Crippen molar-refractivity contribution in [2.45, 2.75) is 40.3 Å². The fourth-order valence-electron chi connectivity index (χ4n) is 1.24. The molecule has 0 saturated carbocycles. The van der Waals surface area contributed by atoms with Crippen LogP contribution in [0.2, 0.25) is 0 Å². The monoisotopic (exact) mass is 167 g/mol. The van der Waals surface area contributed by atoms with Crippen molar-refractivity contribution in [2.75, 3.05) is 0 Å². The SMILES string of the molecule is Cc1nn(CC(C)N)c(C)c1C. The van der Waals surface area contributed by atoms with Crippen molar-refractivity contribution < 1.29 is 0 Å². The molecule has 0 bridgehead atoms. The zero-order valence-corrected chi connectivity index (χ0v) is 8.26. The normalized spacial score (nSPS) is 13.4. The first kappa shape index (κ1) is 9.26. The molecule has 0 aromatic carbocycles. The van der Waals surface area contributed by atoms with Gasteiger partial charge in [0.15, 0.2) is 0 Å². The lowest BCUT2D eigenvalue weighted by atomic mass is 10.2. The summed E-state index contributed by atoms with van der Waals surface area (Å²) in [5.74, 6) is 0. The molecule has 0 fully saturated rings. The Balaban J connectivity index is 2.93. The van der Waals surface area contributed by atoms with Crippen LogP contribution in [0.25, 0.3) is 0 Å². The first-order chi connectivity index (χ1) is 5.52. The number of aromatic nitrogens is 2. The molecule has 0 radical (unpaired) electrons. The maximum atomic E-state index is 5.69. The van der Waals surface area contributed by atoms with Crippen LogP contribution in [-0.4, -0.2) is 15.8 Å². The lowest BCUT2D eigenvalue weighted by Crippen LogP contribution is -2.23. The molecule has 2 N–H and O–H groups in total. The Morgan fingerprint density at radius 2 is 2.00 bits per heavy atom. The van der Waals surface area contributed by atoms with E-state index in [9.17, 15) is 0 Å². The summed E-state index contributed by atoms with van der Waals surface area (Å²) in [7, 11) is 0.